The summed E-state index contributed by atoms with van der Waals surface area (Å²) in [6.45, 7) is 10.3. The summed E-state index contributed by atoms with van der Waals surface area (Å²) in [6, 6.07) is 0. The van der Waals surface area contributed by atoms with E-state index in [1.54, 1.807) is 0 Å². The summed E-state index contributed by atoms with van der Waals surface area (Å²) in [5.41, 5.74) is 1.30. The zero-order valence-corrected chi connectivity index (χ0v) is 12.3. The summed E-state index contributed by atoms with van der Waals surface area (Å²) in [5.74, 6) is 1.48. The second kappa shape index (κ2) is 6.96. The van der Waals surface area contributed by atoms with E-state index in [-0.39, 0.29) is 0 Å². The predicted molar refractivity (Wildman–Crippen MR) is 76.3 cm³/mol. The molecule has 0 aliphatic carbocycles. The molecule has 1 aromatic rings. The van der Waals surface area contributed by atoms with Crippen molar-refractivity contribution in [3.05, 3.63) is 23.8 Å². The molecule has 0 radical (unpaired) electrons. The van der Waals surface area contributed by atoms with Crippen molar-refractivity contribution < 1.29 is 4.74 Å². The first-order valence-electron chi connectivity index (χ1n) is 7.27. The van der Waals surface area contributed by atoms with Crippen LogP contribution in [0.15, 0.2) is 12.4 Å². The van der Waals surface area contributed by atoms with E-state index < -0.39 is 0 Å². The van der Waals surface area contributed by atoms with Crippen molar-refractivity contribution in [3.63, 3.8) is 0 Å². The molecule has 1 saturated heterocycles. The molecule has 1 aliphatic rings. The van der Waals surface area contributed by atoms with E-state index in [2.05, 4.69) is 28.7 Å². The first kappa shape index (κ1) is 14.4. The van der Waals surface area contributed by atoms with Gasteiger partial charge in [0.1, 0.15) is 5.82 Å². The maximum atomic E-state index is 5.61. The fraction of sp³-hybridized carbons (Fsp3) is 0.733. The van der Waals surface area contributed by atoms with Crippen LogP contribution in [0.5, 0.6) is 0 Å². The van der Waals surface area contributed by atoms with Gasteiger partial charge in [0.2, 0.25) is 0 Å². The molecule has 2 heterocycles. The van der Waals surface area contributed by atoms with Gasteiger partial charge in [-0.05, 0) is 58.2 Å². The number of nitrogens with zero attached hydrogens (tertiary/aromatic N) is 3. The number of hydrogen-bond donors (Lipinski definition) is 0. The Morgan fingerprint density at radius 3 is 2.47 bits per heavy atom. The lowest BCUT2D eigenvalue weighted by Crippen LogP contribution is -2.35. The number of piperidine rings is 1. The van der Waals surface area contributed by atoms with Gasteiger partial charge in [0.15, 0.2) is 0 Å². The highest BCUT2D eigenvalue weighted by Crippen LogP contribution is 2.26. The molecule has 0 N–H and O–H groups in total. The highest BCUT2D eigenvalue weighted by molar-refractivity contribution is 5.12. The molecule has 1 aromatic heterocycles. The van der Waals surface area contributed by atoms with Crippen molar-refractivity contribution in [2.45, 2.75) is 45.6 Å². The van der Waals surface area contributed by atoms with Gasteiger partial charge in [-0.15, -0.1) is 0 Å². The van der Waals surface area contributed by atoms with Gasteiger partial charge in [-0.1, -0.05) is 0 Å². The highest BCUT2D eigenvalue weighted by Gasteiger charge is 2.20. The first-order valence-corrected chi connectivity index (χ1v) is 7.27. The lowest BCUT2D eigenvalue weighted by atomic mass is 9.91. The minimum atomic E-state index is 0.335. The Morgan fingerprint density at radius 2 is 1.89 bits per heavy atom. The molecule has 0 atom stereocenters. The summed E-state index contributed by atoms with van der Waals surface area (Å²) in [6.07, 6.45) is 6.72. The van der Waals surface area contributed by atoms with Crippen molar-refractivity contribution in [3.8, 4) is 0 Å². The molecule has 2 rings (SSSR count). The molecule has 0 unspecified atom stereocenters. The molecule has 0 bridgehead atoms. The third kappa shape index (κ3) is 4.55. The molecule has 0 saturated carbocycles. The number of ether oxygens (including phenoxy) is 1. The van der Waals surface area contributed by atoms with Gasteiger partial charge in [0.25, 0.3) is 0 Å². The Bertz CT molecular complexity index is 369. The van der Waals surface area contributed by atoms with Gasteiger partial charge in [-0.2, -0.15) is 0 Å². The van der Waals surface area contributed by atoms with Gasteiger partial charge >= 0.3 is 0 Å². The summed E-state index contributed by atoms with van der Waals surface area (Å²) < 4.78 is 5.61. The van der Waals surface area contributed by atoms with Crippen molar-refractivity contribution in [2.75, 3.05) is 26.2 Å². The Balaban J connectivity index is 1.74. The average molecular weight is 263 g/mol. The van der Waals surface area contributed by atoms with Gasteiger partial charge in [0, 0.05) is 18.9 Å². The Labute approximate surface area is 116 Å². The van der Waals surface area contributed by atoms with Crippen LogP contribution in [0.25, 0.3) is 0 Å². The van der Waals surface area contributed by atoms with Crippen LogP contribution in [0.4, 0.5) is 0 Å². The maximum absolute atomic E-state index is 5.61. The van der Waals surface area contributed by atoms with Crippen LogP contribution in [0.1, 0.15) is 44.0 Å². The van der Waals surface area contributed by atoms with Crippen molar-refractivity contribution in [1.82, 2.24) is 14.9 Å². The first-order chi connectivity index (χ1) is 9.15. The fourth-order valence-corrected chi connectivity index (χ4v) is 2.52. The van der Waals surface area contributed by atoms with Crippen LogP contribution in [0, 0.1) is 6.92 Å². The second-order valence-corrected chi connectivity index (χ2v) is 5.60. The van der Waals surface area contributed by atoms with Crippen molar-refractivity contribution in [2.24, 2.45) is 0 Å². The predicted octanol–water partition coefficient (Wildman–Crippen LogP) is 2.39. The molecule has 0 spiro atoms. The summed E-state index contributed by atoms with van der Waals surface area (Å²) in [7, 11) is 0. The average Bonchev–Trinajstić information content (AvgIpc) is 2.40. The molecule has 1 aliphatic heterocycles. The monoisotopic (exact) mass is 263 g/mol. The Kier molecular flexibility index (Phi) is 5.28. The van der Waals surface area contributed by atoms with Crippen molar-refractivity contribution in [1.29, 1.82) is 0 Å². The smallest absolute Gasteiger partial charge is 0.125 e. The number of rotatable bonds is 5. The standard InChI is InChI=1S/C15H25N3O/c1-12(2)19-9-8-18-6-4-14(5-7-18)15-10-16-13(3)17-11-15/h10-12,14H,4-9H2,1-3H3. The molecular formula is C15H25N3O. The van der Waals surface area contributed by atoms with Crippen LogP contribution >= 0.6 is 0 Å². The van der Waals surface area contributed by atoms with E-state index >= 15 is 0 Å². The zero-order chi connectivity index (χ0) is 13.7. The van der Waals surface area contributed by atoms with Crippen molar-refractivity contribution >= 4 is 0 Å². The van der Waals surface area contributed by atoms with Gasteiger partial charge in [-0.25, -0.2) is 9.97 Å². The molecule has 0 amide bonds. The summed E-state index contributed by atoms with van der Waals surface area (Å²) >= 11 is 0. The van der Waals surface area contributed by atoms with E-state index in [4.69, 9.17) is 4.74 Å². The van der Waals surface area contributed by atoms with Gasteiger partial charge in [0.05, 0.1) is 12.7 Å². The molecule has 4 heteroatoms. The molecule has 0 aromatic carbocycles. The molecular weight excluding hydrogens is 238 g/mol. The van der Waals surface area contributed by atoms with E-state index in [0.717, 1.165) is 32.1 Å². The van der Waals surface area contributed by atoms with Gasteiger partial charge in [-0.3, -0.25) is 0 Å². The van der Waals surface area contributed by atoms with E-state index in [9.17, 15) is 0 Å². The maximum Gasteiger partial charge on any atom is 0.125 e. The molecule has 1 fully saturated rings. The lowest BCUT2D eigenvalue weighted by molar-refractivity contribution is 0.0536. The summed E-state index contributed by atoms with van der Waals surface area (Å²) in [4.78, 5) is 11.1. The minimum absolute atomic E-state index is 0.335. The highest BCUT2D eigenvalue weighted by atomic mass is 16.5. The quantitative estimate of drug-likeness (QED) is 0.817. The second-order valence-electron chi connectivity index (χ2n) is 5.60. The number of likely N-dealkylation sites (tertiary alicyclic amines) is 1. The lowest BCUT2D eigenvalue weighted by Gasteiger charge is -2.31. The SMILES string of the molecule is Cc1ncc(C2CCN(CCOC(C)C)CC2)cn1. The van der Waals surface area contributed by atoms with Crippen LogP contribution in [-0.4, -0.2) is 47.2 Å². The van der Waals surface area contributed by atoms with Crippen LogP contribution in [0.3, 0.4) is 0 Å². The van der Waals surface area contributed by atoms with Crippen LogP contribution < -0.4 is 0 Å². The topological polar surface area (TPSA) is 38.2 Å². The van der Waals surface area contributed by atoms with Crippen LogP contribution in [-0.2, 0) is 4.74 Å². The number of hydrogen-bond acceptors (Lipinski definition) is 4. The van der Waals surface area contributed by atoms with E-state index in [1.165, 1.54) is 18.4 Å². The minimum Gasteiger partial charge on any atom is -0.377 e. The third-order valence-corrected chi connectivity index (χ3v) is 3.72. The molecule has 106 valence electrons. The molecule has 4 nitrogen and oxygen atoms in total. The fourth-order valence-electron chi connectivity index (χ4n) is 2.52. The number of aryl methyl sites for hydroxylation is 1. The van der Waals surface area contributed by atoms with Gasteiger partial charge < -0.3 is 9.64 Å². The molecule has 19 heavy (non-hydrogen) atoms. The number of aromatic nitrogens is 2. The normalized spacial score (nSPS) is 18.1. The van der Waals surface area contributed by atoms with E-state index in [0.29, 0.717) is 12.0 Å². The zero-order valence-electron chi connectivity index (χ0n) is 12.3. The van der Waals surface area contributed by atoms with Crippen LogP contribution in [0.2, 0.25) is 0 Å². The summed E-state index contributed by atoms with van der Waals surface area (Å²) in [5, 5.41) is 0. The third-order valence-electron chi connectivity index (χ3n) is 3.72. The Hall–Kier alpha value is -1.00. The largest absolute Gasteiger partial charge is 0.377 e. The van der Waals surface area contributed by atoms with E-state index in [1.807, 2.05) is 19.3 Å². The Morgan fingerprint density at radius 1 is 1.26 bits per heavy atom.